The molecule has 166 valence electrons. The van der Waals surface area contributed by atoms with Gasteiger partial charge in [0.15, 0.2) is 23.0 Å². The summed E-state index contributed by atoms with van der Waals surface area (Å²) in [5.74, 6) is 4.54. The molecular weight excluding hydrogens is 402 g/mol. The number of fused-ring (bicyclic) bond motifs is 1. The lowest BCUT2D eigenvalue weighted by atomic mass is 9.88. The molecule has 1 atom stereocenters. The van der Waals surface area contributed by atoms with Crippen LogP contribution >= 0.6 is 0 Å². The van der Waals surface area contributed by atoms with Gasteiger partial charge in [0, 0.05) is 12.0 Å². The van der Waals surface area contributed by atoms with Crippen LogP contribution in [0.15, 0.2) is 36.4 Å². The van der Waals surface area contributed by atoms with Crippen LogP contribution in [0.25, 0.3) is 0 Å². The quantitative estimate of drug-likeness (QED) is 0.537. The number of halogens is 1. The number of quaternary nitrogens is 1. The third-order valence-corrected chi connectivity index (χ3v) is 5.51. The maximum Gasteiger partial charge on any atom is 0.231 e. The van der Waals surface area contributed by atoms with Gasteiger partial charge in [-0.05, 0) is 54.2 Å². The molecule has 6 heteroatoms. The average molecular weight is 436 g/mol. The Morgan fingerprint density at radius 1 is 0.900 bits per heavy atom. The van der Waals surface area contributed by atoms with E-state index < -0.39 is 0 Å². The summed E-state index contributed by atoms with van der Waals surface area (Å²) in [6, 6.07) is 12.6. The van der Waals surface area contributed by atoms with E-state index in [1.54, 1.807) is 14.2 Å². The predicted octanol–water partition coefficient (Wildman–Crippen LogP) is 1.11. The van der Waals surface area contributed by atoms with Gasteiger partial charge in [0.2, 0.25) is 6.79 Å². The van der Waals surface area contributed by atoms with Crippen molar-refractivity contribution < 1.29 is 36.7 Å². The van der Waals surface area contributed by atoms with Crippen molar-refractivity contribution in [3.63, 3.8) is 0 Å². The Morgan fingerprint density at radius 3 is 2.40 bits per heavy atom. The highest BCUT2D eigenvalue weighted by Crippen LogP contribution is 2.37. The molecule has 0 saturated carbocycles. The van der Waals surface area contributed by atoms with Crippen molar-refractivity contribution in [2.45, 2.75) is 45.6 Å². The monoisotopic (exact) mass is 435 g/mol. The SMILES string of the molecule is COc1ccc(C[NH2+]CCC(CCC(C)C)c2ccc3c(c2)OCO3)cc1OC.[Cl-]. The molecule has 3 rings (SSSR count). The fourth-order valence-corrected chi connectivity index (χ4v) is 3.77. The maximum absolute atomic E-state index is 5.59. The molecule has 5 nitrogen and oxygen atoms in total. The molecule has 0 amide bonds. The number of hydrogen-bond acceptors (Lipinski definition) is 4. The van der Waals surface area contributed by atoms with Gasteiger partial charge in [0.25, 0.3) is 0 Å². The molecule has 0 bridgehead atoms. The summed E-state index contributed by atoms with van der Waals surface area (Å²) in [7, 11) is 3.34. The van der Waals surface area contributed by atoms with E-state index in [-0.39, 0.29) is 12.4 Å². The van der Waals surface area contributed by atoms with Crippen LogP contribution in [0, 0.1) is 5.92 Å². The molecule has 0 radical (unpaired) electrons. The minimum Gasteiger partial charge on any atom is -1.00 e. The Hall–Kier alpha value is -2.11. The Labute approximate surface area is 186 Å². The summed E-state index contributed by atoms with van der Waals surface area (Å²) in [5, 5.41) is 2.37. The van der Waals surface area contributed by atoms with E-state index in [0.29, 0.717) is 18.6 Å². The van der Waals surface area contributed by atoms with Crippen LogP contribution in [0.3, 0.4) is 0 Å². The molecule has 0 aromatic heterocycles. The second-order valence-electron chi connectivity index (χ2n) is 8.04. The number of ether oxygens (including phenoxy) is 4. The normalized spacial score (nSPS) is 13.1. The van der Waals surface area contributed by atoms with Gasteiger partial charge >= 0.3 is 0 Å². The summed E-state index contributed by atoms with van der Waals surface area (Å²) < 4.78 is 21.8. The van der Waals surface area contributed by atoms with Gasteiger partial charge in [0.1, 0.15) is 6.54 Å². The fourth-order valence-electron chi connectivity index (χ4n) is 3.77. The number of hydrogen-bond donors (Lipinski definition) is 1. The Balaban J connectivity index is 0.00000320. The van der Waals surface area contributed by atoms with E-state index in [1.165, 1.54) is 24.0 Å². The van der Waals surface area contributed by atoms with Gasteiger partial charge in [-0.1, -0.05) is 26.3 Å². The highest BCUT2D eigenvalue weighted by Gasteiger charge is 2.19. The van der Waals surface area contributed by atoms with Gasteiger partial charge in [-0.2, -0.15) is 0 Å². The van der Waals surface area contributed by atoms with E-state index in [9.17, 15) is 0 Å². The average Bonchev–Trinajstić information content (AvgIpc) is 3.20. The zero-order valence-electron chi connectivity index (χ0n) is 18.4. The number of rotatable bonds is 11. The zero-order valence-corrected chi connectivity index (χ0v) is 19.2. The first kappa shape index (κ1) is 24.2. The molecule has 30 heavy (non-hydrogen) atoms. The molecule has 2 aromatic carbocycles. The summed E-state index contributed by atoms with van der Waals surface area (Å²) in [5.41, 5.74) is 2.60. The minimum atomic E-state index is 0. The molecule has 2 N–H and O–H groups in total. The molecule has 1 unspecified atom stereocenters. The van der Waals surface area contributed by atoms with Crippen molar-refractivity contribution in [3.05, 3.63) is 47.5 Å². The highest BCUT2D eigenvalue weighted by atomic mass is 35.5. The van der Waals surface area contributed by atoms with E-state index in [1.807, 2.05) is 12.1 Å². The fraction of sp³-hybridized carbons (Fsp3) is 0.500. The molecule has 0 saturated heterocycles. The summed E-state index contributed by atoms with van der Waals surface area (Å²) >= 11 is 0. The Kier molecular flexibility index (Phi) is 9.60. The Bertz CT molecular complexity index is 797. The van der Waals surface area contributed by atoms with Crippen LogP contribution in [0.5, 0.6) is 23.0 Å². The van der Waals surface area contributed by atoms with Crippen LogP contribution in [0.4, 0.5) is 0 Å². The van der Waals surface area contributed by atoms with Crippen molar-refractivity contribution in [1.82, 2.24) is 0 Å². The molecule has 0 spiro atoms. The van der Waals surface area contributed by atoms with Crippen molar-refractivity contribution in [3.8, 4) is 23.0 Å². The Morgan fingerprint density at radius 2 is 1.67 bits per heavy atom. The zero-order chi connectivity index (χ0) is 20.6. The second kappa shape index (κ2) is 11.9. The summed E-state index contributed by atoms with van der Waals surface area (Å²) in [6.45, 7) is 6.91. The molecule has 1 aliphatic heterocycles. The molecule has 1 heterocycles. The van der Waals surface area contributed by atoms with E-state index in [0.717, 1.165) is 42.5 Å². The number of benzene rings is 2. The standard InChI is InChI=1S/C24H33NO4.ClH/c1-17(2)5-7-19(20-8-10-22-24(14-20)29-16-28-22)11-12-25-15-18-6-9-21(26-3)23(13-18)27-4;/h6,8-10,13-14,17,19,25H,5,7,11-12,15-16H2,1-4H3;1H. The lowest BCUT2D eigenvalue weighted by molar-refractivity contribution is -0.671. The smallest absolute Gasteiger partial charge is 0.231 e. The van der Waals surface area contributed by atoms with Crippen LogP contribution < -0.4 is 36.7 Å². The second-order valence-corrected chi connectivity index (χ2v) is 8.04. The summed E-state index contributed by atoms with van der Waals surface area (Å²) in [4.78, 5) is 0. The third kappa shape index (κ3) is 6.44. The van der Waals surface area contributed by atoms with Gasteiger partial charge < -0.3 is 36.7 Å². The van der Waals surface area contributed by atoms with Crippen molar-refractivity contribution in [2.24, 2.45) is 5.92 Å². The van der Waals surface area contributed by atoms with E-state index in [2.05, 4.69) is 43.4 Å². The van der Waals surface area contributed by atoms with Crippen LogP contribution in [0.2, 0.25) is 0 Å². The molecule has 1 aliphatic rings. The molecule has 0 aliphatic carbocycles. The van der Waals surface area contributed by atoms with Crippen LogP contribution in [-0.4, -0.2) is 27.6 Å². The molecule has 2 aromatic rings. The van der Waals surface area contributed by atoms with E-state index in [4.69, 9.17) is 18.9 Å². The maximum atomic E-state index is 5.59. The van der Waals surface area contributed by atoms with Gasteiger partial charge in [0.05, 0.1) is 20.8 Å². The largest absolute Gasteiger partial charge is 1.00 e. The van der Waals surface area contributed by atoms with Crippen molar-refractivity contribution in [2.75, 3.05) is 27.6 Å². The first-order chi connectivity index (χ1) is 14.1. The highest BCUT2D eigenvalue weighted by molar-refractivity contribution is 5.45. The van der Waals surface area contributed by atoms with Gasteiger partial charge in [-0.25, -0.2) is 0 Å². The molecule has 0 fully saturated rings. The van der Waals surface area contributed by atoms with Gasteiger partial charge in [-0.15, -0.1) is 0 Å². The van der Waals surface area contributed by atoms with E-state index >= 15 is 0 Å². The first-order valence-electron chi connectivity index (χ1n) is 10.5. The number of methoxy groups -OCH3 is 2. The number of nitrogens with two attached hydrogens (primary N) is 1. The first-order valence-corrected chi connectivity index (χ1v) is 10.5. The lowest BCUT2D eigenvalue weighted by Gasteiger charge is -2.18. The van der Waals surface area contributed by atoms with Crippen molar-refractivity contribution >= 4 is 0 Å². The summed E-state index contributed by atoms with van der Waals surface area (Å²) in [6.07, 6.45) is 3.57. The van der Waals surface area contributed by atoms with Crippen molar-refractivity contribution in [1.29, 1.82) is 0 Å². The molecular formula is C24H34ClNO4. The van der Waals surface area contributed by atoms with Crippen LogP contribution in [0.1, 0.15) is 50.2 Å². The topological polar surface area (TPSA) is 53.5 Å². The van der Waals surface area contributed by atoms with Crippen LogP contribution in [-0.2, 0) is 6.54 Å². The minimum absolute atomic E-state index is 0. The predicted molar refractivity (Wildman–Crippen MR) is 114 cm³/mol. The van der Waals surface area contributed by atoms with Gasteiger partial charge in [-0.3, -0.25) is 0 Å². The lowest BCUT2D eigenvalue weighted by Crippen LogP contribution is -3.00. The third-order valence-electron chi connectivity index (χ3n) is 5.51.